The van der Waals surface area contributed by atoms with Crippen LogP contribution in [0, 0.1) is 0 Å². The van der Waals surface area contributed by atoms with Crippen molar-refractivity contribution in [2.24, 2.45) is 0 Å². The highest BCUT2D eigenvalue weighted by Crippen LogP contribution is 2.20. The molecule has 8 nitrogen and oxygen atoms in total. The summed E-state index contributed by atoms with van der Waals surface area (Å²) in [5.41, 5.74) is 0.208. The predicted molar refractivity (Wildman–Crippen MR) is 90.8 cm³/mol. The van der Waals surface area contributed by atoms with E-state index in [-0.39, 0.29) is 10.5 Å². The molecule has 25 heavy (non-hydrogen) atoms. The largest absolute Gasteiger partial charge is 0.465 e. The summed E-state index contributed by atoms with van der Waals surface area (Å²) in [6.07, 6.45) is 3.31. The molecule has 0 aliphatic carbocycles. The van der Waals surface area contributed by atoms with E-state index < -0.39 is 16.0 Å². The summed E-state index contributed by atoms with van der Waals surface area (Å²) in [5, 5.41) is 0. The molecule has 1 aromatic carbocycles. The van der Waals surface area contributed by atoms with Crippen LogP contribution in [0.4, 0.5) is 5.95 Å². The lowest BCUT2D eigenvalue weighted by Gasteiger charge is -2.33. The molecule has 2 heterocycles. The van der Waals surface area contributed by atoms with E-state index >= 15 is 0 Å². The maximum absolute atomic E-state index is 12.8. The topological polar surface area (TPSA) is 92.7 Å². The SMILES string of the molecule is COC(=O)c1cccc(S(=O)(=O)N2CCN(c3ncccn3)CC2)c1. The number of carbonyl (C=O) groups excluding carboxylic acids is 1. The van der Waals surface area contributed by atoms with Crippen LogP contribution in [0.2, 0.25) is 0 Å². The number of piperazine rings is 1. The van der Waals surface area contributed by atoms with Gasteiger partial charge in [-0.1, -0.05) is 6.07 Å². The van der Waals surface area contributed by atoms with E-state index in [1.54, 1.807) is 18.5 Å². The van der Waals surface area contributed by atoms with Crippen LogP contribution in [0.25, 0.3) is 0 Å². The fourth-order valence-electron chi connectivity index (χ4n) is 2.63. The number of rotatable bonds is 4. The average Bonchev–Trinajstić information content (AvgIpc) is 2.68. The molecule has 0 radical (unpaired) electrons. The molecule has 0 N–H and O–H groups in total. The van der Waals surface area contributed by atoms with Gasteiger partial charge in [-0.2, -0.15) is 4.31 Å². The molecule has 9 heteroatoms. The Morgan fingerprint density at radius 2 is 1.76 bits per heavy atom. The number of methoxy groups -OCH3 is 1. The quantitative estimate of drug-likeness (QED) is 0.742. The van der Waals surface area contributed by atoms with Gasteiger partial charge in [0.15, 0.2) is 0 Å². The van der Waals surface area contributed by atoms with Crippen LogP contribution in [-0.4, -0.2) is 61.9 Å². The van der Waals surface area contributed by atoms with Gasteiger partial charge in [-0.15, -0.1) is 0 Å². The van der Waals surface area contributed by atoms with Gasteiger partial charge in [0.1, 0.15) is 0 Å². The number of anilines is 1. The second-order valence-electron chi connectivity index (χ2n) is 5.46. The van der Waals surface area contributed by atoms with Gasteiger partial charge in [-0.05, 0) is 24.3 Å². The van der Waals surface area contributed by atoms with Crippen molar-refractivity contribution in [2.45, 2.75) is 4.90 Å². The Balaban J connectivity index is 1.75. The second-order valence-corrected chi connectivity index (χ2v) is 7.40. The van der Waals surface area contributed by atoms with Crippen molar-refractivity contribution >= 4 is 21.9 Å². The summed E-state index contributed by atoms with van der Waals surface area (Å²) in [6, 6.07) is 7.61. The molecule has 3 rings (SSSR count). The van der Waals surface area contributed by atoms with Crippen molar-refractivity contribution in [3.05, 3.63) is 48.3 Å². The third kappa shape index (κ3) is 3.62. The Hall–Kier alpha value is -2.52. The van der Waals surface area contributed by atoms with Crippen molar-refractivity contribution in [3.8, 4) is 0 Å². The third-order valence-electron chi connectivity index (χ3n) is 3.97. The minimum atomic E-state index is -3.67. The summed E-state index contributed by atoms with van der Waals surface area (Å²) >= 11 is 0. The molecule has 0 atom stereocenters. The first-order valence-electron chi connectivity index (χ1n) is 7.73. The molecule has 1 aromatic heterocycles. The maximum Gasteiger partial charge on any atom is 0.337 e. The average molecular weight is 362 g/mol. The van der Waals surface area contributed by atoms with Gasteiger partial charge in [-0.3, -0.25) is 0 Å². The van der Waals surface area contributed by atoms with Crippen molar-refractivity contribution in [1.29, 1.82) is 0 Å². The lowest BCUT2D eigenvalue weighted by Crippen LogP contribution is -2.49. The van der Waals surface area contributed by atoms with Gasteiger partial charge in [0.05, 0.1) is 17.6 Å². The molecule has 0 bridgehead atoms. The van der Waals surface area contributed by atoms with Crippen LogP contribution in [-0.2, 0) is 14.8 Å². The molecular formula is C16H18N4O4S. The molecule has 1 fully saturated rings. The number of benzene rings is 1. The zero-order chi connectivity index (χ0) is 17.9. The third-order valence-corrected chi connectivity index (χ3v) is 5.86. The Kier molecular flexibility index (Phi) is 4.95. The Morgan fingerprint density at radius 3 is 2.40 bits per heavy atom. The normalized spacial score (nSPS) is 15.8. The molecule has 0 saturated carbocycles. The smallest absolute Gasteiger partial charge is 0.337 e. The van der Waals surface area contributed by atoms with E-state index in [0.29, 0.717) is 32.1 Å². The zero-order valence-corrected chi connectivity index (χ0v) is 14.5. The van der Waals surface area contributed by atoms with E-state index in [1.807, 2.05) is 4.90 Å². The van der Waals surface area contributed by atoms with E-state index in [1.165, 1.54) is 35.7 Å². The molecular weight excluding hydrogens is 344 g/mol. The van der Waals surface area contributed by atoms with Crippen LogP contribution >= 0.6 is 0 Å². The Bertz CT molecular complexity index is 849. The van der Waals surface area contributed by atoms with Crippen LogP contribution in [0.1, 0.15) is 10.4 Å². The summed E-state index contributed by atoms with van der Waals surface area (Å²) in [6.45, 7) is 1.64. The number of esters is 1. The lowest BCUT2D eigenvalue weighted by molar-refractivity contribution is 0.0600. The minimum Gasteiger partial charge on any atom is -0.465 e. The van der Waals surface area contributed by atoms with E-state index in [0.717, 1.165) is 0 Å². The van der Waals surface area contributed by atoms with E-state index in [9.17, 15) is 13.2 Å². The molecule has 2 aromatic rings. The minimum absolute atomic E-state index is 0.0832. The zero-order valence-electron chi connectivity index (χ0n) is 13.7. The fourth-order valence-corrected chi connectivity index (χ4v) is 4.10. The van der Waals surface area contributed by atoms with Crippen LogP contribution in [0.3, 0.4) is 0 Å². The monoisotopic (exact) mass is 362 g/mol. The summed E-state index contributed by atoms with van der Waals surface area (Å²) in [4.78, 5) is 22.0. The molecule has 0 unspecified atom stereocenters. The summed E-state index contributed by atoms with van der Waals surface area (Å²) in [7, 11) is -2.42. The molecule has 1 aliphatic rings. The standard InChI is InChI=1S/C16H18N4O4S/c1-24-15(21)13-4-2-5-14(12-13)25(22,23)20-10-8-19(9-11-20)16-17-6-3-7-18-16/h2-7,12H,8-11H2,1H3. The Morgan fingerprint density at radius 1 is 1.08 bits per heavy atom. The first-order valence-corrected chi connectivity index (χ1v) is 9.17. The van der Waals surface area contributed by atoms with E-state index in [2.05, 4.69) is 14.7 Å². The number of ether oxygens (including phenoxy) is 1. The first kappa shape index (κ1) is 17.3. The Labute approximate surface area is 146 Å². The fraction of sp³-hybridized carbons (Fsp3) is 0.312. The highest BCUT2D eigenvalue weighted by Gasteiger charge is 2.29. The molecule has 1 saturated heterocycles. The van der Waals surface area contributed by atoms with Crippen molar-refractivity contribution in [1.82, 2.24) is 14.3 Å². The van der Waals surface area contributed by atoms with Gasteiger partial charge in [-0.25, -0.2) is 23.2 Å². The van der Waals surface area contributed by atoms with Crippen molar-refractivity contribution in [2.75, 3.05) is 38.2 Å². The molecule has 1 aliphatic heterocycles. The lowest BCUT2D eigenvalue weighted by atomic mass is 10.2. The summed E-state index contributed by atoms with van der Waals surface area (Å²) < 4.78 is 31.7. The number of aromatic nitrogens is 2. The summed E-state index contributed by atoms with van der Waals surface area (Å²) in [5.74, 6) is 0.0235. The first-order chi connectivity index (χ1) is 12.0. The maximum atomic E-state index is 12.8. The van der Waals surface area contributed by atoms with Crippen molar-refractivity contribution < 1.29 is 17.9 Å². The van der Waals surface area contributed by atoms with Crippen LogP contribution in [0.5, 0.6) is 0 Å². The number of hydrogen-bond acceptors (Lipinski definition) is 7. The predicted octanol–water partition coefficient (Wildman–Crippen LogP) is 0.774. The van der Waals surface area contributed by atoms with Gasteiger partial charge >= 0.3 is 5.97 Å². The highest BCUT2D eigenvalue weighted by atomic mass is 32.2. The molecule has 132 valence electrons. The van der Waals surface area contributed by atoms with Crippen LogP contribution in [0.15, 0.2) is 47.6 Å². The van der Waals surface area contributed by atoms with Gasteiger partial charge in [0.25, 0.3) is 0 Å². The number of nitrogens with zero attached hydrogens (tertiary/aromatic N) is 4. The van der Waals surface area contributed by atoms with Crippen molar-refractivity contribution in [3.63, 3.8) is 0 Å². The second kappa shape index (κ2) is 7.16. The van der Waals surface area contributed by atoms with E-state index in [4.69, 9.17) is 0 Å². The number of hydrogen-bond donors (Lipinski definition) is 0. The number of sulfonamides is 1. The van der Waals surface area contributed by atoms with Gasteiger partial charge < -0.3 is 9.64 Å². The van der Waals surface area contributed by atoms with Gasteiger partial charge in [0, 0.05) is 38.6 Å². The molecule has 0 spiro atoms. The molecule has 0 amide bonds. The van der Waals surface area contributed by atoms with Crippen LogP contribution < -0.4 is 4.90 Å². The highest BCUT2D eigenvalue weighted by molar-refractivity contribution is 7.89. The number of carbonyl (C=O) groups is 1. The van der Waals surface area contributed by atoms with Gasteiger partial charge in [0.2, 0.25) is 16.0 Å².